The number of carbonyl (C=O) groups excluding carboxylic acids is 2. The third-order valence-corrected chi connectivity index (χ3v) is 3.37. The van der Waals surface area contributed by atoms with E-state index in [1.54, 1.807) is 29.2 Å². The normalized spacial score (nSPS) is 10.9. The van der Waals surface area contributed by atoms with E-state index in [2.05, 4.69) is 10.9 Å². The standard InChI is InChI=1S/C17H16F3N3O2/c1-23(2)14-8-4-6-12(10-14)16(25)22-21-15(24)11-5-3-7-13(9-11)17(18,19)20/h3-10H,1-2H3,(H,21,24)(H,22,25). The molecule has 0 fully saturated rings. The van der Waals surface area contributed by atoms with Crippen LogP contribution in [0.5, 0.6) is 0 Å². The van der Waals surface area contributed by atoms with Crippen LogP contribution in [-0.4, -0.2) is 25.9 Å². The Morgan fingerprint density at radius 1 is 0.880 bits per heavy atom. The average molecular weight is 351 g/mol. The van der Waals surface area contributed by atoms with Gasteiger partial charge in [-0.2, -0.15) is 13.2 Å². The van der Waals surface area contributed by atoms with Crippen LogP contribution >= 0.6 is 0 Å². The lowest BCUT2D eigenvalue weighted by Gasteiger charge is -2.14. The Morgan fingerprint density at radius 3 is 1.92 bits per heavy atom. The number of nitrogens with one attached hydrogen (secondary N) is 2. The van der Waals surface area contributed by atoms with Crippen molar-refractivity contribution in [2.24, 2.45) is 0 Å². The summed E-state index contributed by atoms with van der Waals surface area (Å²) in [7, 11) is 3.62. The number of carbonyl (C=O) groups is 2. The SMILES string of the molecule is CN(C)c1cccc(C(=O)NNC(=O)c2cccc(C(F)(F)F)c2)c1. The summed E-state index contributed by atoms with van der Waals surface area (Å²) in [5, 5.41) is 0. The number of halogens is 3. The summed E-state index contributed by atoms with van der Waals surface area (Å²) >= 11 is 0. The third kappa shape index (κ3) is 4.72. The lowest BCUT2D eigenvalue weighted by molar-refractivity contribution is -0.137. The number of nitrogens with zero attached hydrogens (tertiary/aromatic N) is 1. The van der Waals surface area contributed by atoms with E-state index >= 15 is 0 Å². The van der Waals surface area contributed by atoms with Gasteiger partial charge in [-0.15, -0.1) is 0 Å². The molecule has 0 unspecified atom stereocenters. The Labute approximate surface area is 142 Å². The Hall–Kier alpha value is -3.03. The second-order valence-electron chi connectivity index (χ2n) is 5.43. The number of alkyl halides is 3. The smallest absolute Gasteiger partial charge is 0.378 e. The van der Waals surface area contributed by atoms with Gasteiger partial charge in [0, 0.05) is 30.9 Å². The van der Waals surface area contributed by atoms with Crippen LogP contribution in [0.3, 0.4) is 0 Å². The number of hydrogen-bond acceptors (Lipinski definition) is 3. The fraction of sp³-hybridized carbons (Fsp3) is 0.176. The number of anilines is 1. The molecular weight excluding hydrogens is 335 g/mol. The number of amides is 2. The van der Waals surface area contributed by atoms with Gasteiger partial charge in [-0.3, -0.25) is 20.4 Å². The molecule has 0 saturated heterocycles. The molecule has 0 bridgehead atoms. The van der Waals surface area contributed by atoms with Crippen LogP contribution in [0.4, 0.5) is 18.9 Å². The van der Waals surface area contributed by atoms with Crippen molar-refractivity contribution < 1.29 is 22.8 Å². The first-order valence-electron chi connectivity index (χ1n) is 7.24. The molecular formula is C17H16F3N3O2. The second-order valence-corrected chi connectivity index (χ2v) is 5.43. The topological polar surface area (TPSA) is 61.4 Å². The van der Waals surface area contributed by atoms with E-state index < -0.39 is 23.6 Å². The summed E-state index contributed by atoms with van der Waals surface area (Å²) in [5.74, 6) is -1.42. The fourth-order valence-electron chi connectivity index (χ4n) is 2.02. The first-order chi connectivity index (χ1) is 11.7. The zero-order chi connectivity index (χ0) is 18.6. The summed E-state index contributed by atoms with van der Waals surface area (Å²) < 4.78 is 38.0. The van der Waals surface area contributed by atoms with Crippen LogP contribution in [-0.2, 0) is 6.18 Å². The highest BCUT2D eigenvalue weighted by Gasteiger charge is 2.30. The van der Waals surface area contributed by atoms with Gasteiger partial charge >= 0.3 is 6.18 Å². The van der Waals surface area contributed by atoms with Gasteiger partial charge in [-0.1, -0.05) is 12.1 Å². The van der Waals surface area contributed by atoms with Gasteiger partial charge in [0.15, 0.2) is 0 Å². The molecule has 0 atom stereocenters. The molecule has 2 rings (SSSR count). The van der Waals surface area contributed by atoms with Gasteiger partial charge in [0.05, 0.1) is 5.56 Å². The van der Waals surface area contributed by atoms with Crippen LogP contribution in [0.2, 0.25) is 0 Å². The van der Waals surface area contributed by atoms with E-state index in [0.29, 0.717) is 11.6 Å². The minimum Gasteiger partial charge on any atom is -0.378 e. The molecule has 2 aromatic rings. The summed E-state index contributed by atoms with van der Waals surface area (Å²) in [4.78, 5) is 25.8. The number of hydrogen-bond donors (Lipinski definition) is 2. The van der Waals surface area contributed by atoms with Gasteiger partial charge in [0.25, 0.3) is 11.8 Å². The predicted octanol–water partition coefficient (Wildman–Crippen LogP) is 2.85. The Kier molecular flexibility index (Phi) is 5.31. The monoisotopic (exact) mass is 351 g/mol. The van der Waals surface area contributed by atoms with Crippen molar-refractivity contribution in [1.29, 1.82) is 0 Å². The summed E-state index contributed by atoms with van der Waals surface area (Å²) in [6.07, 6.45) is -4.55. The van der Waals surface area contributed by atoms with Crippen molar-refractivity contribution in [3.8, 4) is 0 Å². The molecule has 2 amide bonds. The zero-order valence-corrected chi connectivity index (χ0v) is 13.5. The van der Waals surface area contributed by atoms with Crippen LogP contribution < -0.4 is 15.8 Å². The molecule has 2 aromatic carbocycles. The molecule has 5 nitrogen and oxygen atoms in total. The van der Waals surface area contributed by atoms with Crippen molar-refractivity contribution in [1.82, 2.24) is 10.9 Å². The van der Waals surface area contributed by atoms with Crippen LogP contribution in [0.25, 0.3) is 0 Å². The van der Waals surface area contributed by atoms with Crippen LogP contribution in [0.15, 0.2) is 48.5 Å². The molecule has 0 radical (unpaired) electrons. The molecule has 0 aliphatic heterocycles. The molecule has 8 heteroatoms. The van der Waals surface area contributed by atoms with Gasteiger partial charge < -0.3 is 4.90 Å². The Bertz CT molecular complexity index is 789. The third-order valence-electron chi connectivity index (χ3n) is 3.37. The molecule has 25 heavy (non-hydrogen) atoms. The minimum atomic E-state index is -4.55. The van der Waals surface area contributed by atoms with Gasteiger partial charge in [0.2, 0.25) is 0 Å². The van der Waals surface area contributed by atoms with Crippen molar-refractivity contribution in [3.05, 3.63) is 65.2 Å². The summed E-state index contributed by atoms with van der Waals surface area (Å²) in [6.45, 7) is 0. The maximum Gasteiger partial charge on any atom is 0.416 e. The minimum absolute atomic E-state index is 0.211. The molecule has 132 valence electrons. The predicted molar refractivity (Wildman–Crippen MR) is 87.1 cm³/mol. The van der Waals surface area contributed by atoms with Crippen molar-refractivity contribution in [3.63, 3.8) is 0 Å². The first kappa shape index (κ1) is 18.3. The van der Waals surface area contributed by atoms with Gasteiger partial charge in [0.1, 0.15) is 0 Å². The van der Waals surface area contributed by atoms with Crippen LogP contribution in [0, 0.1) is 0 Å². The highest BCUT2D eigenvalue weighted by molar-refractivity contribution is 5.99. The second kappa shape index (κ2) is 7.25. The number of hydrazine groups is 1. The first-order valence-corrected chi connectivity index (χ1v) is 7.24. The molecule has 0 heterocycles. The van der Waals surface area contributed by atoms with Crippen molar-refractivity contribution in [2.45, 2.75) is 6.18 Å². The van der Waals surface area contributed by atoms with E-state index in [-0.39, 0.29) is 5.56 Å². The quantitative estimate of drug-likeness (QED) is 0.836. The molecule has 0 spiro atoms. The van der Waals surface area contributed by atoms with Crippen molar-refractivity contribution in [2.75, 3.05) is 19.0 Å². The molecule has 0 saturated carbocycles. The highest BCUT2D eigenvalue weighted by atomic mass is 19.4. The largest absolute Gasteiger partial charge is 0.416 e. The molecule has 0 aliphatic carbocycles. The van der Waals surface area contributed by atoms with Gasteiger partial charge in [-0.25, -0.2) is 0 Å². The average Bonchev–Trinajstić information content (AvgIpc) is 2.58. The molecule has 2 N–H and O–H groups in total. The fourth-order valence-corrected chi connectivity index (χ4v) is 2.02. The number of benzene rings is 2. The number of rotatable bonds is 3. The maximum atomic E-state index is 12.7. The van der Waals surface area contributed by atoms with E-state index in [1.807, 2.05) is 14.1 Å². The van der Waals surface area contributed by atoms with E-state index in [1.165, 1.54) is 6.07 Å². The van der Waals surface area contributed by atoms with E-state index in [4.69, 9.17) is 0 Å². The Morgan fingerprint density at radius 2 is 1.40 bits per heavy atom. The van der Waals surface area contributed by atoms with Crippen LogP contribution in [0.1, 0.15) is 26.3 Å². The van der Waals surface area contributed by atoms with E-state index in [9.17, 15) is 22.8 Å². The molecule has 0 aliphatic rings. The van der Waals surface area contributed by atoms with E-state index in [0.717, 1.165) is 17.8 Å². The van der Waals surface area contributed by atoms with Gasteiger partial charge in [-0.05, 0) is 36.4 Å². The lowest BCUT2D eigenvalue weighted by Crippen LogP contribution is -2.41. The molecule has 0 aromatic heterocycles. The zero-order valence-electron chi connectivity index (χ0n) is 13.5. The Balaban J connectivity index is 2.05. The maximum absolute atomic E-state index is 12.7. The summed E-state index contributed by atoms with van der Waals surface area (Å²) in [6, 6.07) is 10.6. The summed E-state index contributed by atoms with van der Waals surface area (Å²) in [5.41, 5.74) is 4.23. The lowest BCUT2D eigenvalue weighted by atomic mass is 10.1. The highest BCUT2D eigenvalue weighted by Crippen LogP contribution is 2.29. The van der Waals surface area contributed by atoms with Crippen molar-refractivity contribution >= 4 is 17.5 Å².